The van der Waals surface area contributed by atoms with Gasteiger partial charge in [-0.1, -0.05) is 107 Å². The van der Waals surface area contributed by atoms with Gasteiger partial charge in [0.05, 0.1) is 18.5 Å². The number of carboxylic acids is 3. The van der Waals surface area contributed by atoms with Crippen LogP contribution in [0.15, 0.2) is 73.2 Å². The lowest BCUT2D eigenvalue weighted by atomic mass is 9.81. The number of nitrogens with zero attached hydrogens (tertiary/aromatic N) is 2. The van der Waals surface area contributed by atoms with Crippen molar-refractivity contribution in [2.45, 2.75) is 166 Å². The average molecular weight is 1060 g/mol. The Kier molecular flexibility index (Phi) is 24.5. The number of quaternary nitrogens is 1. The lowest BCUT2D eigenvalue weighted by Crippen LogP contribution is -2.70. The molecule has 11 N–H and O–H groups in total. The Morgan fingerprint density at radius 2 is 1.30 bits per heavy atom. The summed E-state index contributed by atoms with van der Waals surface area (Å²) in [7, 11) is 0. The van der Waals surface area contributed by atoms with E-state index in [9.17, 15) is 54.0 Å². The van der Waals surface area contributed by atoms with E-state index in [0.717, 1.165) is 37.7 Å². The van der Waals surface area contributed by atoms with Crippen LogP contribution in [0.5, 0.6) is 0 Å². The maximum Gasteiger partial charge on any atom is 0.408 e. The molecule has 4 rings (SSSR count). The van der Waals surface area contributed by atoms with E-state index in [0.29, 0.717) is 24.1 Å². The summed E-state index contributed by atoms with van der Waals surface area (Å²) >= 11 is 0. The Morgan fingerprint density at radius 1 is 0.737 bits per heavy atom. The van der Waals surface area contributed by atoms with E-state index in [1.165, 1.54) is 12.5 Å². The number of H-pyrrole nitrogens is 1. The summed E-state index contributed by atoms with van der Waals surface area (Å²) in [5.74, 6) is -9.21. The number of benzene rings is 2. The molecule has 1 fully saturated rings. The second kappa shape index (κ2) is 30.1. The van der Waals surface area contributed by atoms with Gasteiger partial charge < -0.3 is 57.1 Å². The summed E-state index contributed by atoms with van der Waals surface area (Å²) < 4.78 is 3.93. The molecule has 0 radical (unpaired) electrons. The summed E-state index contributed by atoms with van der Waals surface area (Å²) in [6.45, 7) is 6.52. The number of amides is 5. The number of ether oxygens (including phenoxy) is 1. The zero-order chi connectivity index (χ0) is 56.0. The summed E-state index contributed by atoms with van der Waals surface area (Å²) in [5, 5.41) is 54.7. The molecular weight excluding hydrogens is 981 g/mol. The number of carbonyl (C=O) groups excluding carboxylic acids is 5. The van der Waals surface area contributed by atoms with E-state index < -0.39 is 119 Å². The van der Waals surface area contributed by atoms with Crippen molar-refractivity contribution in [3.8, 4) is 0 Å². The first-order chi connectivity index (χ1) is 36.0. The van der Waals surface area contributed by atoms with Gasteiger partial charge in [-0.2, -0.15) is 0 Å². The topological polar surface area (TPSA) is 330 Å². The fourth-order valence-electron chi connectivity index (χ4n) is 10.0. The number of rotatable bonds is 31. The average Bonchev–Trinajstić information content (AvgIpc) is 3.87. The standard InChI is InChI=1S/C55H80N8O13/c1-35(2)25-39(49(69)59-41(23-15-16-24-56)52(72)63(32-47(65)66,33-48(67)68)45(53(73)74)28-38-21-13-8-14-22-38)29-46(64)42(26-36-17-9-6-10-18-36)60-51(71)44(30-40-31-57-34-58-40)61-50(70)43(27-37-19-11-7-12-20-37)62-54(75)76-55(3,4)5/h7-8,11-14,19-22,31,34-36,39,41-46,64H,6,9-10,15-18,23-30,32-33,56H2,1-5H3,(H7-,57,58,59,60,61,62,65,66,67,68,69,70,71,73,74,75)/p+1/t39?,41-,42-,43-,44-,45-,46-/m0/s1. The predicted molar refractivity (Wildman–Crippen MR) is 281 cm³/mol. The molecule has 3 aromatic rings. The number of nitrogens with two attached hydrogens (primary N) is 1. The molecule has 1 aromatic heterocycles. The molecule has 1 saturated carbocycles. The maximum absolute atomic E-state index is 15.1. The lowest BCUT2D eigenvalue weighted by Gasteiger charge is -2.40. The van der Waals surface area contributed by atoms with Gasteiger partial charge in [0, 0.05) is 37.1 Å². The lowest BCUT2D eigenvalue weighted by molar-refractivity contribution is -0.857. The number of alkyl carbamates (subject to hydrolysis) is 1. The van der Waals surface area contributed by atoms with E-state index >= 15 is 4.79 Å². The highest BCUT2D eigenvalue weighted by molar-refractivity contribution is 5.92. The van der Waals surface area contributed by atoms with Gasteiger partial charge in [-0.25, -0.2) is 33.4 Å². The van der Waals surface area contributed by atoms with Gasteiger partial charge in [-0.15, -0.1) is 0 Å². The molecule has 5 amide bonds. The number of aromatic nitrogens is 2. The number of imidazole rings is 1. The number of nitrogens with one attached hydrogen (secondary N) is 5. The molecule has 1 aliphatic rings. The van der Waals surface area contributed by atoms with Crippen molar-refractivity contribution >= 4 is 47.6 Å². The van der Waals surface area contributed by atoms with Crippen LogP contribution in [-0.4, -0.2) is 144 Å². The van der Waals surface area contributed by atoms with Crippen LogP contribution in [0.1, 0.15) is 122 Å². The Hall–Kier alpha value is -6.71. The van der Waals surface area contributed by atoms with Crippen molar-refractivity contribution in [2.24, 2.45) is 23.5 Å². The Balaban J connectivity index is 1.70. The number of aliphatic hydroxyl groups excluding tert-OH is 1. The normalized spacial score (nSPS) is 15.9. The van der Waals surface area contributed by atoms with E-state index in [1.54, 1.807) is 75.4 Å². The highest BCUT2D eigenvalue weighted by Gasteiger charge is 2.54. The number of aliphatic hydroxyl groups is 1. The number of carbonyl (C=O) groups is 8. The molecule has 0 spiro atoms. The van der Waals surface area contributed by atoms with Gasteiger partial charge in [-0.05, 0) is 88.8 Å². The first-order valence-corrected chi connectivity index (χ1v) is 26.4. The third-order valence-corrected chi connectivity index (χ3v) is 13.6. The monoisotopic (exact) mass is 1060 g/mol. The summed E-state index contributed by atoms with van der Waals surface area (Å²) in [6, 6.07) is 10.2. The minimum absolute atomic E-state index is 0.0546. The van der Waals surface area contributed by atoms with Gasteiger partial charge in [-0.3, -0.25) is 14.4 Å². The molecule has 21 heteroatoms. The smallest absolute Gasteiger partial charge is 0.408 e. The van der Waals surface area contributed by atoms with Crippen molar-refractivity contribution in [3.05, 3.63) is 90.0 Å². The second-order valence-electron chi connectivity index (χ2n) is 21.6. The van der Waals surface area contributed by atoms with Gasteiger partial charge in [0.1, 0.15) is 23.7 Å². The van der Waals surface area contributed by atoms with Crippen molar-refractivity contribution in [1.82, 2.24) is 31.2 Å². The number of aromatic amines is 1. The van der Waals surface area contributed by atoms with Crippen LogP contribution in [0.25, 0.3) is 0 Å². The molecule has 76 heavy (non-hydrogen) atoms. The van der Waals surface area contributed by atoms with Crippen LogP contribution in [-0.2, 0) is 57.6 Å². The quantitative estimate of drug-likeness (QED) is 0.0318. The van der Waals surface area contributed by atoms with Crippen LogP contribution in [0.4, 0.5) is 4.79 Å². The summed E-state index contributed by atoms with van der Waals surface area (Å²) in [6.07, 6.45) is 5.49. The third kappa shape index (κ3) is 20.4. The zero-order valence-corrected chi connectivity index (χ0v) is 44.6. The largest absolute Gasteiger partial charge is 0.477 e. The van der Waals surface area contributed by atoms with Gasteiger partial charge in [0.15, 0.2) is 19.1 Å². The van der Waals surface area contributed by atoms with Crippen LogP contribution >= 0.6 is 0 Å². The van der Waals surface area contributed by atoms with E-state index in [1.807, 2.05) is 19.9 Å². The molecule has 21 nitrogen and oxygen atoms in total. The van der Waals surface area contributed by atoms with E-state index in [2.05, 4.69) is 31.2 Å². The molecular formula is C55H81N8O13+. The number of aliphatic carboxylic acids is 3. The predicted octanol–water partition coefficient (Wildman–Crippen LogP) is 4.26. The number of hydrogen-bond donors (Lipinski definition) is 10. The van der Waals surface area contributed by atoms with Gasteiger partial charge in [0.25, 0.3) is 0 Å². The number of carboxylic acid groups (broad SMARTS) is 3. The first kappa shape index (κ1) is 61.8. The molecule has 1 heterocycles. The fraction of sp³-hybridized carbons (Fsp3) is 0.582. The molecule has 2 aromatic carbocycles. The van der Waals surface area contributed by atoms with Crippen molar-refractivity contribution in [1.29, 1.82) is 0 Å². The third-order valence-electron chi connectivity index (χ3n) is 13.6. The van der Waals surface area contributed by atoms with Crippen molar-refractivity contribution in [2.75, 3.05) is 19.6 Å². The minimum atomic E-state index is -1.90. The first-order valence-electron chi connectivity index (χ1n) is 26.4. The molecule has 1 aliphatic carbocycles. The van der Waals surface area contributed by atoms with E-state index in [-0.39, 0.29) is 56.9 Å². The Labute approximate surface area is 445 Å². The molecule has 0 aliphatic heterocycles. The highest BCUT2D eigenvalue weighted by atomic mass is 16.6. The zero-order valence-electron chi connectivity index (χ0n) is 44.6. The fourth-order valence-corrected chi connectivity index (χ4v) is 10.0. The summed E-state index contributed by atoms with van der Waals surface area (Å²) in [4.78, 5) is 117. The molecule has 0 saturated heterocycles. The van der Waals surface area contributed by atoms with Crippen LogP contribution in [0, 0.1) is 17.8 Å². The van der Waals surface area contributed by atoms with Crippen molar-refractivity contribution in [3.63, 3.8) is 0 Å². The summed E-state index contributed by atoms with van der Waals surface area (Å²) in [5.41, 5.74) is 6.56. The maximum atomic E-state index is 15.1. The molecule has 7 atom stereocenters. The van der Waals surface area contributed by atoms with Gasteiger partial charge >= 0.3 is 29.9 Å². The van der Waals surface area contributed by atoms with E-state index in [4.69, 9.17) is 10.5 Å². The second-order valence-corrected chi connectivity index (χ2v) is 21.6. The number of unbranched alkanes of at least 4 members (excludes halogenated alkanes) is 1. The minimum Gasteiger partial charge on any atom is -0.477 e. The van der Waals surface area contributed by atoms with Crippen LogP contribution < -0.4 is 27.0 Å². The van der Waals surface area contributed by atoms with Crippen LogP contribution in [0.3, 0.4) is 0 Å². The molecule has 1 unspecified atom stereocenters. The van der Waals surface area contributed by atoms with Gasteiger partial charge in [0.2, 0.25) is 17.7 Å². The van der Waals surface area contributed by atoms with Crippen LogP contribution in [0.2, 0.25) is 0 Å². The Morgan fingerprint density at radius 3 is 1.83 bits per heavy atom. The Bertz CT molecular complexity index is 2320. The SMILES string of the molecule is CC(C)CC(C[C@H](O)[C@H](CC1CCCCC1)NC(=O)[C@H](Cc1cnc[nH]1)NC(=O)[C@H](Cc1ccccc1)NC(=O)OC(C)(C)C)C(=O)N[C@@H](CCCCN)C(=O)[N+](CC(=O)O)(CC(=O)O)[C@@H](Cc1ccccc1)C(=O)O. The number of hydrogen-bond acceptors (Lipinski definition) is 12. The van der Waals surface area contributed by atoms with Crippen molar-refractivity contribution < 1.29 is 68.0 Å². The highest BCUT2D eigenvalue weighted by Crippen LogP contribution is 2.31. The molecule has 418 valence electrons. The molecule has 0 bridgehead atoms.